The van der Waals surface area contributed by atoms with Crippen LogP contribution in [0, 0.1) is 23.7 Å². The van der Waals surface area contributed by atoms with E-state index in [9.17, 15) is 15.3 Å². The Morgan fingerprint density at radius 2 is 2.00 bits per heavy atom. The highest BCUT2D eigenvalue weighted by molar-refractivity contribution is 5.42. The minimum atomic E-state index is -0.274. The zero-order chi connectivity index (χ0) is 18.0. The predicted molar refractivity (Wildman–Crippen MR) is 101 cm³/mol. The number of fused-ring (bicyclic) bond motifs is 2. The van der Waals surface area contributed by atoms with Gasteiger partial charge >= 0.3 is 0 Å². The summed E-state index contributed by atoms with van der Waals surface area (Å²) >= 11 is 0. The van der Waals surface area contributed by atoms with Crippen molar-refractivity contribution in [2.45, 2.75) is 77.4 Å². The minimum absolute atomic E-state index is 0.243. The molecule has 1 aromatic rings. The summed E-state index contributed by atoms with van der Waals surface area (Å²) in [6.45, 7) is 4.39. The topological polar surface area (TPSA) is 60.7 Å². The maximum atomic E-state index is 10.7. The van der Waals surface area contributed by atoms with Crippen molar-refractivity contribution in [3.05, 3.63) is 29.3 Å². The molecule has 1 fully saturated rings. The third-order valence-electron chi connectivity index (χ3n) is 6.70. The van der Waals surface area contributed by atoms with Gasteiger partial charge in [-0.2, -0.15) is 0 Å². The Kier molecular flexibility index (Phi) is 6.06. The molecule has 140 valence electrons. The quantitative estimate of drug-likeness (QED) is 0.652. The van der Waals surface area contributed by atoms with Crippen LogP contribution in [0.3, 0.4) is 0 Å². The van der Waals surface area contributed by atoms with E-state index in [1.807, 2.05) is 6.07 Å². The van der Waals surface area contributed by atoms with E-state index in [0.717, 1.165) is 44.1 Å². The van der Waals surface area contributed by atoms with Crippen LogP contribution in [-0.4, -0.2) is 27.5 Å². The molecular formula is C22H34O3. The van der Waals surface area contributed by atoms with Crippen molar-refractivity contribution >= 4 is 0 Å². The average molecular weight is 347 g/mol. The van der Waals surface area contributed by atoms with Gasteiger partial charge in [0.1, 0.15) is 5.75 Å². The molecular weight excluding hydrogens is 312 g/mol. The Hall–Kier alpha value is -1.06. The zero-order valence-corrected chi connectivity index (χ0v) is 15.7. The molecule has 0 saturated heterocycles. The molecule has 3 N–H and O–H groups in total. The lowest BCUT2D eigenvalue weighted by Gasteiger charge is -2.35. The van der Waals surface area contributed by atoms with Gasteiger partial charge in [0, 0.05) is 0 Å². The van der Waals surface area contributed by atoms with Crippen molar-refractivity contribution in [3.8, 4) is 5.75 Å². The largest absolute Gasteiger partial charge is 0.508 e. The number of aromatic hydroxyl groups is 1. The van der Waals surface area contributed by atoms with Crippen molar-refractivity contribution in [2.75, 3.05) is 0 Å². The lowest BCUT2D eigenvalue weighted by Crippen LogP contribution is -2.32. The van der Waals surface area contributed by atoms with Crippen LogP contribution in [0.5, 0.6) is 5.75 Å². The van der Waals surface area contributed by atoms with Crippen LogP contribution in [0.15, 0.2) is 18.2 Å². The van der Waals surface area contributed by atoms with Crippen LogP contribution in [0.1, 0.15) is 63.5 Å². The van der Waals surface area contributed by atoms with E-state index in [1.165, 1.54) is 18.4 Å². The van der Waals surface area contributed by atoms with Gasteiger partial charge in [0.15, 0.2) is 0 Å². The monoisotopic (exact) mass is 346 g/mol. The van der Waals surface area contributed by atoms with E-state index in [0.29, 0.717) is 23.5 Å². The first-order valence-corrected chi connectivity index (χ1v) is 10.2. The molecule has 2 aliphatic carbocycles. The first kappa shape index (κ1) is 18.7. The third kappa shape index (κ3) is 4.03. The summed E-state index contributed by atoms with van der Waals surface area (Å²) < 4.78 is 0. The second kappa shape index (κ2) is 8.09. The molecule has 3 nitrogen and oxygen atoms in total. The van der Waals surface area contributed by atoms with Crippen LogP contribution < -0.4 is 0 Å². The molecule has 0 unspecified atom stereocenters. The first-order valence-electron chi connectivity index (χ1n) is 10.2. The fourth-order valence-corrected chi connectivity index (χ4v) is 5.48. The van der Waals surface area contributed by atoms with Gasteiger partial charge < -0.3 is 15.3 Å². The number of phenolic OH excluding ortho intramolecular Hbond substituents is 1. The van der Waals surface area contributed by atoms with Gasteiger partial charge in [0.25, 0.3) is 0 Å². The van der Waals surface area contributed by atoms with Crippen molar-refractivity contribution in [2.24, 2.45) is 23.7 Å². The van der Waals surface area contributed by atoms with Crippen LogP contribution in [0.4, 0.5) is 0 Å². The predicted octanol–water partition coefficient (Wildman–Crippen LogP) is 4.07. The van der Waals surface area contributed by atoms with E-state index in [4.69, 9.17) is 0 Å². The van der Waals surface area contributed by atoms with Crippen molar-refractivity contribution in [3.63, 3.8) is 0 Å². The SMILES string of the molecule is CCCCC[C@H](O)C[C@@H](C)[C@@H]1[C@H]2Cc3cccc(O)c3C[C@H]2C[C@H]1O. The highest BCUT2D eigenvalue weighted by Gasteiger charge is 2.47. The summed E-state index contributed by atoms with van der Waals surface area (Å²) in [7, 11) is 0. The van der Waals surface area contributed by atoms with E-state index in [2.05, 4.69) is 19.9 Å². The molecule has 0 aliphatic heterocycles. The Balaban J connectivity index is 1.66. The van der Waals surface area contributed by atoms with Crippen LogP contribution in [0.2, 0.25) is 0 Å². The number of rotatable bonds is 7. The Morgan fingerprint density at radius 1 is 1.20 bits per heavy atom. The molecule has 3 heteroatoms. The average Bonchev–Trinajstić information content (AvgIpc) is 2.88. The van der Waals surface area contributed by atoms with E-state index in [1.54, 1.807) is 6.07 Å². The summed E-state index contributed by atoms with van der Waals surface area (Å²) in [5.74, 6) is 1.94. The molecule has 2 aliphatic rings. The Bertz CT molecular complexity index is 570. The standard InChI is InChI=1S/C22H34O3/c1-3-4-5-8-17(23)10-14(2)22-19-11-15-7-6-9-20(24)18(15)12-16(19)13-21(22)25/h6-7,9,14,16-17,19,21-25H,3-5,8,10-13H2,1-2H3/t14-,16+,17+,19+,21-,22-/m1/s1. The molecule has 3 rings (SSSR count). The maximum absolute atomic E-state index is 10.7. The molecule has 25 heavy (non-hydrogen) atoms. The zero-order valence-electron chi connectivity index (χ0n) is 15.7. The lowest BCUT2D eigenvalue weighted by molar-refractivity contribution is 0.0508. The van der Waals surface area contributed by atoms with Gasteiger partial charge in [-0.15, -0.1) is 0 Å². The molecule has 0 amide bonds. The summed E-state index contributed by atoms with van der Waals surface area (Å²) in [5, 5.41) is 31.2. The number of aliphatic hydroxyl groups excluding tert-OH is 2. The summed E-state index contributed by atoms with van der Waals surface area (Å²) in [5.41, 5.74) is 2.33. The fourth-order valence-electron chi connectivity index (χ4n) is 5.48. The Morgan fingerprint density at radius 3 is 2.76 bits per heavy atom. The Labute approximate surface area is 152 Å². The molecule has 6 atom stereocenters. The molecule has 0 radical (unpaired) electrons. The van der Waals surface area contributed by atoms with Crippen LogP contribution in [-0.2, 0) is 12.8 Å². The second-order valence-corrected chi connectivity index (χ2v) is 8.49. The molecule has 0 heterocycles. The molecule has 0 spiro atoms. The summed E-state index contributed by atoms with van der Waals surface area (Å²) in [6.07, 6.45) is 7.28. The van der Waals surface area contributed by atoms with E-state index < -0.39 is 0 Å². The van der Waals surface area contributed by atoms with Crippen molar-refractivity contribution in [1.29, 1.82) is 0 Å². The first-order chi connectivity index (χ1) is 12.0. The number of hydrogen-bond donors (Lipinski definition) is 3. The number of phenols is 1. The van der Waals surface area contributed by atoms with Gasteiger partial charge in [-0.1, -0.05) is 45.2 Å². The number of unbranched alkanes of at least 4 members (excludes halogenated alkanes) is 2. The van der Waals surface area contributed by atoms with Gasteiger partial charge in [-0.3, -0.25) is 0 Å². The fraction of sp³-hybridized carbons (Fsp3) is 0.727. The lowest BCUT2D eigenvalue weighted by atomic mass is 9.71. The van der Waals surface area contributed by atoms with E-state index in [-0.39, 0.29) is 18.1 Å². The summed E-state index contributed by atoms with van der Waals surface area (Å²) in [4.78, 5) is 0. The maximum Gasteiger partial charge on any atom is 0.119 e. The molecule has 1 saturated carbocycles. The number of aliphatic hydroxyl groups is 2. The minimum Gasteiger partial charge on any atom is -0.508 e. The van der Waals surface area contributed by atoms with Gasteiger partial charge in [-0.05, 0) is 73.0 Å². The van der Waals surface area contributed by atoms with Gasteiger partial charge in [0.2, 0.25) is 0 Å². The normalized spacial score (nSPS) is 30.6. The van der Waals surface area contributed by atoms with Crippen molar-refractivity contribution < 1.29 is 15.3 Å². The van der Waals surface area contributed by atoms with Gasteiger partial charge in [0.05, 0.1) is 12.2 Å². The van der Waals surface area contributed by atoms with Crippen molar-refractivity contribution in [1.82, 2.24) is 0 Å². The second-order valence-electron chi connectivity index (χ2n) is 8.49. The van der Waals surface area contributed by atoms with Gasteiger partial charge in [-0.25, -0.2) is 0 Å². The van der Waals surface area contributed by atoms with E-state index >= 15 is 0 Å². The molecule has 1 aromatic carbocycles. The highest BCUT2D eigenvalue weighted by atomic mass is 16.3. The third-order valence-corrected chi connectivity index (χ3v) is 6.70. The number of benzene rings is 1. The molecule has 0 aromatic heterocycles. The molecule has 0 bridgehead atoms. The van der Waals surface area contributed by atoms with Crippen LogP contribution in [0.25, 0.3) is 0 Å². The highest BCUT2D eigenvalue weighted by Crippen LogP contribution is 2.49. The van der Waals surface area contributed by atoms with Crippen LogP contribution >= 0.6 is 0 Å². The number of hydrogen-bond acceptors (Lipinski definition) is 3. The smallest absolute Gasteiger partial charge is 0.119 e. The summed E-state index contributed by atoms with van der Waals surface area (Å²) in [6, 6.07) is 5.82.